The van der Waals surface area contributed by atoms with E-state index < -0.39 is 10.0 Å². The van der Waals surface area contributed by atoms with Gasteiger partial charge in [0.2, 0.25) is 0 Å². The van der Waals surface area contributed by atoms with Gasteiger partial charge in [0.25, 0.3) is 10.0 Å². The topological polar surface area (TPSA) is 70.7 Å². The van der Waals surface area contributed by atoms with Crippen LogP contribution in [0, 0.1) is 6.92 Å². The molecule has 1 fully saturated rings. The summed E-state index contributed by atoms with van der Waals surface area (Å²) in [5, 5.41) is 3.96. The Hall–Kier alpha value is -1.67. The summed E-state index contributed by atoms with van der Waals surface area (Å²) in [5.41, 5.74) is 1.90. The number of nitrogens with one attached hydrogen (secondary N) is 2. The molecule has 2 N–H and O–H groups in total. The molecule has 2 aromatic carbocycles. The van der Waals surface area contributed by atoms with Crippen LogP contribution in [0.1, 0.15) is 19.4 Å². The lowest BCUT2D eigenvalue weighted by Crippen LogP contribution is -2.54. The van der Waals surface area contributed by atoms with Crippen LogP contribution in [0.15, 0.2) is 35.2 Å². The first kappa shape index (κ1) is 22.0. The Labute approximate surface area is 182 Å². The third-order valence-electron chi connectivity index (χ3n) is 4.85. The van der Waals surface area contributed by atoms with Gasteiger partial charge in [0, 0.05) is 35.9 Å². The molecule has 2 aromatic rings. The van der Waals surface area contributed by atoms with Crippen molar-refractivity contribution >= 4 is 44.6 Å². The number of benzene rings is 2. The molecule has 9 heteroatoms. The monoisotopic (exact) mass is 457 g/mol. The summed E-state index contributed by atoms with van der Waals surface area (Å²) in [6.07, 6.45) is 0. The summed E-state index contributed by atoms with van der Waals surface area (Å²) >= 11 is 12.2. The summed E-state index contributed by atoms with van der Waals surface area (Å²) < 4.78 is 34.0. The van der Waals surface area contributed by atoms with Crippen molar-refractivity contribution < 1.29 is 13.2 Å². The summed E-state index contributed by atoms with van der Waals surface area (Å²) in [7, 11) is -2.44. The van der Waals surface area contributed by atoms with Crippen molar-refractivity contribution in [3.05, 3.63) is 45.9 Å². The van der Waals surface area contributed by atoms with E-state index in [0.717, 1.165) is 18.8 Å². The van der Waals surface area contributed by atoms with Gasteiger partial charge in [-0.15, -0.1) is 0 Å². The molecule has 0 amide bonds. The number of hydrogen-bond donors (Lipinski definition) is 2. The Morgan fingerprint density at radius 1 is 1.10 bits per heavy atom. The second-order valence-electron chi connectivity index (χ2n) is 7.40. The largest absolute Gasteiger partial charge is 0.495 e. The molecule has 0 bridgehead atoms. The number of ether oxygens (including phenoxy) is 1. The van der Waals surface area contributed by atoms with Gasteiger partial charge >= 0.3 is 0 Å². The first-order valence-corrected chi connectivity index (χ1v) is 11.5. The Morgan fingerprint density at radius 3 is 2.38 bits per heavy atom. The van der Waals surface area contributed by atoms with Crippen molar-refractivity contribution in [2.75, 3.05) is 29.8 Å². The first-order valence-electron chi connectivity index (χ1n) is 9.28. The van der Waals surface area contributed by atoms with Crippen LogP contribution in [0.4, 0.5) is 11.4 Å². The number of aryl methyl sites for hydroxylation is 1. The molecule has 1 saturated heterocycles. The molecule has 1 aliphatic rings. The molecule has 0 saturated carbocycles. The lowest BCUT2D eigenvalue weighted by Gasteiger charge is -2.38. The summed E-state index contributed by atoms with van der Waals surface area (Å²) in [6, 6.07) is 9.04. The van der Waals surface area contributed by atoms with E-state index in [1.165, 1.54) is 19.2 Å². The Balaban J connectivity index is 1.96. The molecule has 0 spiro atoms. The summed E-state index contributed by atoms with van der Waals surface area (Å²) in [5.74, 6) is 0.426. The van der Waals surface area contributed by atoms with E-state index in [-0.39, 0.29) is 9.92 Å². The predicted molar refractivity (Wildman–Crippen MR) is 119 cm³/mol. The zero-order valence-corrected chi connectivity index (χ0v) is 19.1. The molecular formula is C20H25Cl2N3O3S. The molecular weight excluding hydrogens is 433 g/mol. The molecule has 2 atom stereocenters. The van der Waals surface area contributed by atoms with Crippen LogP contribution in [0.3, 0.4) is 0 Å². The molecule has 6 nitrogen and oxygen atoms in total. The highest BCUT2D eigenvalue weighted by Crippen LogP contribution is 2.34. The Morgan fingerprint density at radius 2 is 1.76 bits per heavy atom. The Kier molecular flexibility index (Phi) is 6.53. The predicted octanol–water partition coefficient (Wildman–Crippen LogP) is 4.30. The van der Waals surface area contributed by atoms with Crippen molar-refractivity contribution in [3.8, 4) is 5.75 Å². The van der Waals surface area contributed by atoms with Crippen molar-refractivity contribution in [1.29, 1.82) is 0 Å². The van der Waals surface area contributed by atoms with Crippen molar-refractivity contribution in [2.24, 2.45) is 0 Å². The third-order valence-corrected chi connectivity index (χ3v) is 7.09. The number of hydrogen-bond acceptors (Lipinski definition) is 5. The number of halogens is 2. The lowest BCUT2D eigenvalue weighted by atomic mass is 10.1. The minimum absolute atomic E-state index is 0.0297. The van der Waals surface area contributed by atoms with E-state index in [9.17, 15) is 8.42 Å². The summed E-state index contributed by atoms with van der Waals surface area (Å²) in [4.78, 5) is 2.20. The van der Waals surface area contributed by atoms with Crippen LogP contribution in [0.25, 0.3) is 0 Å². The zero-order valence-electron chi connectivity index (χ0n) is 16.8. The Bertz CT molecular complexity index is 1000. The molecule has 1 heterocycles. The molecule has 29 heavy (non-hydrogen) atoms. The molecule has 0 aliphatic carbocycles. The van der Waals surface area contributed by atoms with Gasteiger partial charge in [0.05, 0.1) is 17.8 Å². The minimum Gasteiger partial charge on any atom is -0.495 e. The average molecular weight is 458 g/mol. The second kappa shape index (κ2) is 8.60. The van der Waals surface area contributed by atoms with Crippen LogP contribution in [-0.2, 0) is 10.0 Å². The van der Waals surface area contributed by atoms with Crippen molar-refractivity contribution in [1.82, 2.24) is 5.32 Å². The average Bonchev–Trinajstić information content (AvgIpc) is 2.63. The SMILES string of the molecule is COc1ccc(N2CC(C)NC(C)C2)cc1NS(=O)(=O)c1cc(C)c(Cl)cc1Cl. The van der Waals surface area contributed by atoms with Gasteiger partial charge < -0.3 is 15.0 Å². The summed E-state index contributed by atoms with van der Waals surface area (Å²) in [6.45, 7) is 7.63. The van der Waals surface area contributed by atoms with Crippen LogP contribution >= 0.6 is 23.2 Å². The maximum absolute atomic E-state index is 13.0. The fourth-order valence-corrected chi connectivity index (χ4v) is 5.44. The van der Waals surface area contributed by atoms with E-state index in [4.69, 9.17) is 27.9 Å². The number of nitrogens with zero attached hydrogens (tertiary/aromatic N) is 1. The fourth-order valence-electron chi connectivity index (χ4n) is 3.55. The van der Waals surface area contributed by atoms with Crippen LogP contribution in [-0.4, -0.2) is 40.7 Å². The van der Waals surface area contributed by atoms with E-state index in [1.807, 2.05) is 6.07 Å². The van der Waals surface area contributed by atoms with Gasteiger partial charge in [-0.2, -0.15) is 0 Å². The number of anilines is 2. The molecule has 1 aliphatic heterocycles. The van der Waals surface area contributed by atoms with Gasteiger partial charge in [-0.3, -0.25) is 4.72 Å². The molecule has 0 radical (unpaired) electrons. The van der Waals surface area contributed by atoms with Crippen LogP contribution in [0.5, 0.6) is 5.75 Å². The maximum atomic E-state index is 13.0. The van der Waals surface area contributed by atoms with Crippen LogP contribution in [0.2, 0.25) is 10.0 Å². The smallest absolute Gasteiger partial charge is 0.263 e. The van der Waals surface area contributed by atoms with E-state index >= 15 is 0 Å². The van der Waals surface area contributed by atoms with Gasteiger partial charge in [-0.05, 0) is 56.7 Å². The van der Waals surface area contributed by atoms with Gasteiger partial charge in [-0.1, -0.05) is 23.2 Å². The molecule has 3 rings (SSSR count). The molecule has 158 valence electrons. The third kappa shape index (κ3) is 4.91. The highest BCUT2D eigenvalue weighted by Gasteiger charge is 2.24. The highest BCUT2D eigenvalue weighted by molar-refractivity contribution is 7.92. The maximum Gasteiger partial charge on any atom is 0.263 e. The second-order valence-corrected chi connectivity index (χ2v) is 9.86. The number of sulfonamides is 1. The quantitative estimate of drug-likeness (QED) is 0.700. The highest BCUT2D eigenvalue weighted by atomic mass is 35.5. The van der Waals surface area contributed by atoms with E-state index in [0.29, 0.717) is 34.1 Å². The lowest BCUT2D eigenvalue weighted by molar-refractivity contribution is 0.406. The van der Waals surface area contributed by atoms with Crippen molar-refractivity contribution in [3.63, 3.8) is 0 Å². The van der Waals surface area contributed by atoms with Gasteiger partial charge in [-0.25, -0.2) is 8.42 Å². The van der Waals surface area contributed by atoms with E-state index in [1.54, 1.807) is 19.1 Å². The number of methoxy groups -OCH3 is 1. The molecule has 2 unspecified atom stereocenters. The zero-order chi connectivity index (χ0) is 21.3. The number of piperazine rings is 1. The first-order chi connectivity index (χ1) is 13.6. The fraction of sp³-hybridized carbons (Fsp3) is 0.400. The minimum atomic E-state index is -3.94. The number of rotatable bonds is 5. The molecule has 0 aromatic heterocycles. The van der Waals surface area contributed by atoms with Gasteiger partial charge in [0.1, 0.15) is 10.6 Å². The van der Waals surface area contributed by atoms with Crippen LogP contribution < -0.4 is 19.7 Å². The van der Waals surface area contributed by atoms with Gasteiger partial charge in [0.15, 0.2) is 0 Å². The van der Waals surface area contributed by atoms with E-state index in [2.05, 4.69) is 28.8 Å². The normalized spacial score (nSPS) is 19.9. The standard InChI is InChI=1S/C20H25Cl2N3O3S/c1-12-7-20(17(22)9-16(12)21)29(26,27)24-18-8-15(5-6-19(18)28-4)25-10-13(2)23-14(3)11-25/h5-9,13-14,23-24H,10-11H2,1-4H3. The van der Waals surface area contributed by atoms with Crippen molar-refractivity contribution in [2.45, 2.75) is 37.8 Å².